The summed E-state index contributed by atoms with van der Waals surface area (Å²) in [5.41, 5.74) is 1.06. The molecule has 2 aromatic rings. The molecule has 2 atom stereocenters. The van der Waals surface area contributed by atoms with Gasteiger partial charge in [0, 0.05) is 18.7 Å². The van der Waals surface area contributed by atoms with Crippen molar-refractivity contribution in [1.82, 2.24) is 15.3 Å². The molecule has 5 rings (SSSR count). The molecule has 10 nitrogen and oxygen atoms in total. The molecule has 0 spiro atoms. The van der Waals surface area contributed by atoms with Crippen LogP contribution in [0.15, 0.2) is 24.4 Å². The molecule has 3 aliphatic rings. The number of anilines is 4. The van der Waals surface area contributed by atoms with Gasteiger partial charge in [-0.05, 0) is 43.9 Å². The maximum Gasteiger partial charge on any atom is 0.342 e. The van der Waals surface area contributed by atoms with Crippen LogP contribution in [0.5, 0.6) is 5.75 Å². The number of benzene rings is 1. The Labute approximate surface area is 225 Å². The maximum absolute atomic E-state index is 14.8. The van der Waals surface area contributed by atoms with E-state index in [9.17, 15) is 23.5 Å². The van der Waals surface area contributed by atoms with Crippen molar-refractivity contribution >= 4 is 35.0 Å². The zero-order valence-electron chi connectivity index (χ0n) is 22.1. The topological polar surface area (TPSA) is 120 Å². The molecule has 0 radical (unpaired) electrons. The zero-order valence-corrected chi connectivity index (χ0v) is 22.1. The van der Waals surface area contributed by atoms with Crippen LogP contribution in [0, 0.1) is 0 Å². The number of halogens is 2. The highest BCUT2D eigenvalue weighted by molar-refractivity contribution is 6.02. The smallest absolute Gasteiger partial charge is 0.342 e. The van der Waals surface area contributed by atoms with Gasteiger partial charge in [0.1, 0.15) is 11.4 Å². The quantitative estimate of drug-likeness (QED) is 0.505. The Balaban J connectivity index is 1.40. The number of nitrogens with zero attached hydrogens (tertiary/aromatic N) is 4. The number of hydrogen-bond donors (Lipinski definition) is 3. The van der Waals surface area contributed by atoms with Crippen molar-refractivity contribution < 1.29 is 28.2 Å². The van der Waals surface area contributed by atoms with Crippen LogP contribution in [-0.4, -0.2) is 71.7 Å². The molecule has 2 amide bonds. The summed E-state index contributed by atoms with van der Waals surface area (Å²) in [6, 6.07) is 4.42. The summed E-state index contributed by atoms with van der Waals surface area (Å²) in [7, 11) is 2.78. The number of nitrogens with one attached hydrogen (secondary N) is 2. The van der Waals surface area contributed by atoms with Gasteiger partial charge in [-0.1, -0.05) is 25.7 Å². The van der Waals surface area contributed by atoms with Crippen LogP contribution in [0.1, 0.15) is 61.7 Å². The number of amides is 2. The molecule has 210 valence electrons. The van der Waals surface area contributed by atoms with Gasteiger partial charge in [-0.25, -0.2) is 4.98 Å². The first-order chi connectivity index (χ1) is 18.7. The minimum atomic E-state index is -3.56. The third-order valence-corrected chi connectivity index (χ3v) is 7.89. The number of alkyl halides is 2. The van der Waals surface area contributed by atoms with Crippen LogP contribution in [-0.2, 0) is 4.79 Å². The fraction of sp³-hybridized carbons (Fsp3) is 0.556. The van der Waals surface area contributed by atoms with Gasteiger partial charge in [0.2, 0.25) is 5.95 Å². The summed E-state index contributed by atoms with van der Waals surface area (Å²) >= 11 is 0. The van der Waals surface area contributed by atoms with Gasteiger partial charge in [0.05, 0.1) is 37.7 Å². The number of hydrogen-bond acceptors (Lipinski definition) is 8. The fourth-order valence-corrected chi connectivity index (χ4v) is 5.69. The van der Waals surface area contributed by atoms with Crippen molar-refractivity contribution in [1.29, 1.82) is 0 Å². The van der Waals surface area contributed by atoms with Crippen molar-refractivity contribution in [3.05, 3.63) is 30.0 Å². The van der Waals surface area contributed by atoms with E-state index < -0.39 is 24.5 Å². The second-order valence-corrected chi connectivity index (χ2v) is 10.5. The Morgan fingerprint density at radius 1 is 1.15 bits per heavy atom. The number of carbonyl (C=O) groups excluding carboxylic acids is 2. The molecule has 0 bridgehead atoms. The zero-order chi connectivity index (χ0) is 27.7. The van der Waals surface area contributed by atoms with Crippen molar-refractivity contribution in [2.45, 2.75) is 75.5 Å². The molecule has 0 saturated heterocycles. The molecule has 1 unspecified atom stereocenters. The summed E-state index contributed by atoms with van der Waals surface area (Å²) in [6.45, 7) is -0.743. The maximum atomic E-state index is 14.8. The van der Waals surface area contributed by atoms with Crippen LogP contribution in [0.2, 0.25) is 0 Å². The number of carbonyl (C=O) groups is 2. The normalized spacial score (nSPS) is 23.3. The van der Waals surface area contributed by atoms with Gasteiger partial charge in [0.25, 0.3) is 11.8 Å². The number of ether oxygens (including phenoxy) is 1. The van der Waals surface area contributed by atoms with Crippen LogP contribution < -0.4 is 25.2 Å². The second-order valence-electron chi connectivity index (χ2n) is 10.5. The predicted molar refractivity (Wildman–Crippen MR) is 142 cm³/mol. The van der Waals surface area contributed by atoms with E-state index in [4.69, 9.17) is 4.74 Å². The van der Waals surface area contributed by atoms with Gasteiger partial charge >= 0.3 is 5.92 Å². The van der Waals surface area contributed by atoms with Crippen molar-refractivity contribution in [3.8, 4) is 5.75 Å². The first kappa shape index (κ1) is 27.0. The van der Waals surface area contributed by atoms with E-state index in [-0.39, 0.29) is 35.4 Å². The molecule has 1 aliphatic heterocycles. The Morgan fingerprint density at radius 2 is 1.87 bits per heavy atom. The summed E-state index contributed by atoms with van der Waals surface area (Å²) in [5.74, 6) is -4.38. The van der Waals surface area contributed by atoms with Gasteiger partial charge in [-0.3, -0.25) is 9.59 Å². The molecule has 2 heterocycles. The molecule has 1 aromatic heterocycles. The fourth-order valence-electron chi connectivity index (χ4n) is 5.69. The number of aliphatic hydroxyl groups is 1. The molecule has 2 aliphatic carbocycles. The minimum Gasteiger partial charge on any atom is -0.495 e. The number of aromatic nitrogens is 2. The SMILES string of the molecule is COc1cc(C(=O)NC2CCCC[C@H]2O)ccc1Nc1ncc2c(n1)N(C1CCCC1)CC(F)(F)C(=O)N2C. The molecule has 3 N–H and O–H groups in total. The molecule has 2 saturated carbocycles. The van der Waals surface area contributed by atoms with Gasteiger partial charge in [-0.15, -0.1) is 0 Å². The van der Waals surface area contributed by atoms with Gasteiger partial charge in [0.15, 0.2) is 5.82 Å². The van der Waals surface area contributed by atoms with E-state index >= 15 is 0 Å². The van der Waals surface area contributed by atoms with E-state index in [0.29, 0.717) is 23.4 Å². The summed E-state index contributed by atoms with van der Waals surface area (Å²) < 4.78 is 35.2. The van der Waals surface area contributed by atoms with Crippen molar-refractivity contribution in [2.75, 3.05) is 35.8 Å². The highest BCUT2D eigenvalue weighted by Gasteiger charge is 2.48. The Hall–Kier alpha value is -3.54. The van der Waals surface area contributed by atoms with Crippen LogP contribution in [0.4, 0.5) is 31.9 Å². The standard InChI is InChI=1S/C27H34F2N6O4/c1-34-20-14-30-26(33-23(20)35(17-7-3-4-8-17)15-27(28,29)25(34)38)32-19-12-11-16(13-22(19)39-2)24(37)31-18-9-5-6-10-21(18)36/h11-14,17-18,21,36H,3-10,15H2,1-2H3,(H,31,37)(H,30,32,33)/t18?,21-/m1/s1. The lowest BCUT2D eigenvalue weighted by molar-refractivity contribution is -0.140. The van der Waals surface area contributed by atoms with Crippen LogP contribution in [0.25, 0.3) is 0 Å². The van der Waals surface area contributed by atoms with E-state index in [2.05, 4.69) is 20.6 Å². The predicted octanol–water partition coefficient (Wildman–Crippen LogP) is 3.62. The lowest BCUT2D eigenvalue weighted by atomic mass is 9.92. The Bertz CT molecular complexity index is 1240. The summed E-state index contributed by atoms with van der Waals surface area (Å²) in [6.07, 6.45) is 7.45. The van der Waals surface area contributed by atoms with Crippen LogP contribution >= 0.6 is 0 Å². The van der Waals surface area contributed by atoms with Gasteiger partial charge < -0.3 is 30.3 Å². The van der Waals surface area contributed by atoms with E-state index in [1.807, 2.05) is 0 Å². The van der Waals surface area contributed by atoms with E-state index in [0.717, 1.165) is 49.8 Å². The third kappa shape index (κ3) is 5.47. The van der Waals surface area contributed by atoms with E-state index in [1.54, 1.807) is 23.1 Å². The molecular formula is C27H34F2N6O4. The first-order valence-corrected chi connectivity index (χ1v) is 13.4. The van der Waals surface area contributed by atoms with Gasteiger partial charge in [-0.2, -0.15) is 13.8 Å². The number of rotatable bonds is 6. The molecule has 39 heavy (non-hydrogen) atoms. The number of methoxy groups -OCH3 is 1. The summed E-state index contributed by atoms with van der Waals surface area (Å²) in [5, 5.41) is 16.2. The lowest BCUT2D eigenvalue weighted by Crippen LogP contribution is -2.48. The highest BCUT2D eigenvalue weighted by atomic mass is 19.3. The molecule has 12 heteroatoms. The molecular weight excluding hydrogens is 510 g/mol. The van der Waals surface area contributed by atoms with Crippen molar-refractivity contribution in [3.63, 3.8) is 0 Å². The van der Waals surface area contributed by atoms with E-state index in [1.165, 1.54) is 20.4 Å². The number of fused-ring (bicyclic) bond motifs is 1. The average Bonchev–Trinajstić information content (AvgIpc) is 3.45. The third-order valence-electron chi connectivity index (χ3n) is 7.89. The van der Waals surface area contributed by atoms with Crippen LogP contribution in [0.3, 0.4) is 0 Å². The minimum absolute atomic E-state index is 0.142. The first-order valence-electron chi connectivity index (χ1n) is 13.4. The largest absolute Gasteiger partial charge is 0.495 e. The molecule has 2 fully saturated rings. The number of aliphatic hydroxyl groups excluding tert-OH is 1. The second kappa shape index (κ2) is 10.9. The average molecular weight is 545 g/mol. The Morgan fingerprint density at radius 3 is 2.59 bits per heavy atom. The lowest BCUT2D eigenvalue weighted by Gasteiger charge is -2.31. The summed E-state index contributed by atoms with van der Waals surface area (Å²) in [4.78, 5) is 36.7. The monoisotopic (exact) mass is 544 g/mol. The van der Waals surface area contributed by atoms with Crippen molar-refractivity contribution in [2.24, 2.45) is 0 Å². The molecule has 1 aromatic carbocycles. The Kier molecular flexibility index (Phi) is 7.57. The highest BCUT2D eigenvalue weighted by Crippen LogP contribution is 2.40.